The minimum absolute atomic E-state index is 0.563. The smallest absolute Gasteiger partial charge is 0.231 e. The summed E-state index contributed by atoms with van der Waals surface area (Å²) in [4.78, 5) is 24.2. The average Bonchev–Trinajstić information content (AvgIpc) is 2.97. The van der Waals surface area contributed by atoms with Crippen LogP contribution in [0.2, 0.25) is 0 Å². The number of thiophene rings is 1. The van der Waals surface area contributed by atoms with Crippen molar-refractivity contribution in [1.82, 2.24) is 9.97 Å². The van der Waals surface area contributed by atoms with Gasteiger partial charge in [-0.1, -0.05) is 12.1 Å². The van der Waals surface area contributed by atoms with Gasteiger partial charge in [0.2, 0.25) is 5.88 Å². The molecule has 0 amide bonds. The third-order valence-corrected chi connectivity index (χ3v) is 5.96. The van der Waals surface area contributed by atoms with E-state index in [1.807, 2.05) is 12.1 Å². The molecule has 3 aromatic rings. The van der Waals surface area contributed by atoms with Crippen LogP contribution in [-0.2, 0) is 11.3 Å². The molecule has 7 heteroatoms. The first-order valence-electron chi connectivity index (χ1n) is 9.05. The van der Waals surface area contributed by atoms with Crippen molar-refractivity contribution in [1.29, 1.82) is 0 Å². The molecule has 140 valence electrons. The summed E-state index contributed by atoms with van der Waals surface area (Å²) in [5, 5.41) is 0.953. The van der Waals surface area contributed by atoms with Crippen LogP contribution in [0.4, 0.5) is 0 Å². The molecule has 0 radical (unpaired) electrons. The SMILES string of the molecule is Cc1sc2nc(C[NH+]3CCOCC3)nc(Oc3cccc(C=O)c3)c2c1C. The zero-order valence-corrected chi connectivity index (χ0v) is 16.3. The molecule has 4 rings (SSSR count). The molecule has 27 heavy (non-hydrogen) atoms. The fourth-order valence-electron chi connectivity index (χ4n) is 3.23. The maximum Gasteiger partial charge on any atom is 0.231 e. The van der Waals surface area contributed by atoms with Gasteiger partial charge >= 0.3 is 0 Å². The number of carbonyl (C=O) groups excluding carboxylic acids is 1. The summed E-state index contributed by atoms with van der Waals surface area (Å²) in [5.41, 5.74) is 1.72. The first kappa shape index (κ1) is 18.0. The largest absolute Gasteiger partial charge is 0.438 e. The Morgan fingerprint density at radius 2 is 2.07 bits per heavy atom. The van der Waals surface area contributed by atoms with Crippen molar-refractivity contribution in [3.8, 4) is 11.6 Å². The maximum atomic E-state index is 11.1. The van der Waals surface area contributed by atoms with Crippen molar-refractivity contribution in [3.63, 3.8) is 0 Å². The Labute approximate surface area is 161 Å². The molecule has 1 aromatic carbocycles. The summed E-state index contributed by atoms with van der Waals surface area (Å²) in [5.74, 6) is 1.95. The van der Waals surface area contributed by atoms with Gasteiger partial charge < -0.3 is 14.4 Å². The minimum atomic E-state index is 0.563. The Balaban J connectivity index is 1.72. The van der Waals surface area contributed by atoms with Crippen LogP contribution in [-0.4, -0.2) is 42.6 Å². The van der Waals surface area contributed by atoms with Crippen LogP contribution in [0.15, 0.2) is 24.3 Å². The Morgan fingerprint density at radius 1 is 1.26 bits per heavy atom. The molecule has 6 nitrogen and oxygen atoms in total. The van der Waals surface area contributed by atoms with Crippen LogP contribution in [0.1, 0.15) is 26.6 Å². The monoisotopic (exact) mass is 384 g/mol. The van der Waals surface area contributed by atoms with E-state index in [1.54, 1.807) is 23.5 Å². The van der Waals surface area contributed by atoms with Crippen LogP contribution in [0.3, 0.4) is 0 Å². The number of morpholine rings is 1. The summed E-state index contributed by atoms with van der Waals surface area (Å²) in [6, 6.07) is 7.12. The number of rotatable bonds is 5. The number of ether oxygens (including phenoxy) is 2. The molecule has 0 saturated carbocycles. The highest BCUT2D eigenvalue weighted by molar-refractivity contribution is 7.18. The topological polar surface area (TPSA) is 65.8 Å². The molecule has 1 aliphatic rings. The van der Waals surface area contributed by atoms with Crippen molar-refractivity contribution in [3.05, 3.63) is 46.1 Å². The van der Waals surface area contributed by atoms with Crippen molar-refractivity contribution in [2.24, 2.45) is 0 Å². The zero-order valence-electron chi connectivity index (χ0n) is 15.4. The third-order valence-electron chi connectivity index (χ3n) is 4.86. The quantitative estimate of drug-likeness (QED) is 0.684. The highest BCUT2D eigenvalue weighted by Gasteiger charge is 2.20. The summed E-state index contributed by atoms with van der Waals surface area (Å²) >= 11 is 1.67. The van der Waals surface area contributed by atoms with Crippen molar-refractivity contribution < 1.29 is 19.2 Å². The molecule has 0 unspecified atom stereocenters. The molecule has 3 heterocycles. The molecule has 1 fully saturated rings. The number of aryl methyl sites for hydroxylation is 2. The van der Waals surface area contributed by atoms with Crippen molar-refractivity contribution in [2.75, 3.05) is 26.3 Å². The highest BCUT2D eigenvalue weighted by Crippen LogP contribution is 2.36. The lowest BCUT2D eigenvalue weighted by molar-refractivity contribution is -0.922. The predicted octanol–water partition coefficient (Wildman–Crippen LogP) is 2.33. The molecule has 0 spiro atoms. The van der Waals surface area contributed by atoms with Gasteiger partial charge in [0, 0.05) is 10.4 Å². The number of fused-ring (bicyclic) bond motifs is 1. The van der Waals surface area contributed by atoms with E-state index in [9.17, 15) is 4.79 Å². The fourth-order valence-corrected chi connectivity index (χ4v) is 4.27. The van der Waals surface area contributed by atoms with E-state index in [-0.39, 0.29) is 0 Å². The Kier molecular flexibility index (Phi) is 5.15. The van der Waals surface area contributed by atoms with E-state index in [0.29, 0.717) is 17.2 Å². The second kappa shape index (κ2) is 7.72. The molecule has 1 N–H and O–H groups in total. The molecule has 2 aromatic heterocycles. The van der Waals surface area contributed by atoms with Gasteiger partial charge in [0.1, 0.15) is 36.5 Å². The van der Waals surface area contributed by atoms with E-state index in [0.717, 1.165) is 60.7 Å². The van der Waals surface area contributed by atoms with Crippen molar-refractivity contribution >= 4 is 27.8 Å². The molecule has 0 aliphatic carbocycles. The first-order chi connectivity index (χ1) is 13.1. The first-order valence-corrected chi connectivity index (χ1v) is 9.86. The van der Waals surface area contributed by atoms with E-state index in [4.69, 9.17) is 19.4 Å². The van der Waals surface area contributed by atoms with Gasteiger partial charge in [0.15, 0.2) is 5.82 Å². The number of aldehydes is 1. The van der Waals surface area contributed by atoms with Gasteiger partial charge in [-0.3, -0.25) is 4.79 Å². The van der Waals surface area contributed by atoms with Crippen LogP contribution >= 0.6 is 11.3 Å². The van der Waals surface area contributed by atoms with Gasteiger partial charge in [-0.25, -0.2) is 4.98 Å². The lowest BCUT2D eigenvalue weighted by Gasteiger charge is -2.23. The number of nitrogens with zero attached hydrogens (tertiary/aromatic N) is 2. The average molecular weight is 384 g/mol. The lowest BCUT2D eigenvalue weighted by Crippen LogP contribution is -3.12. The van der Waals surface area contributed by atoms with Crippen LogP contribution in [0, 0.1) is 13.8 Å². The molecule has 0 bridgehead atoms. The zero-order chi connectivity index (χ0) is 18.8. The number of carbonyl (C=O) groups is 1. The van der Waals surface area contributed by atoms with Crippen molar-refractivity contribution in [2.45, 2.75) is 20.4 Å². The number of hydrogen-bond acceptors (Lipinski definition) is 6. The third kappa shape index (κ3) is 3.85. The highest BCUT2D eigenvalue weighted by atomic mass is 32.1. The fraction of sp³-hybridized carbons (Fsp3) is 0.350. The Bertz CT molecular complexity index is 980. The maximum absolute atomic E-state index is 11.1. The number of quaternary nitrogens is 1. The lowest BCUT2D eigenvalue weighted by atomic mass is 10.2. The molecule has 0 atom stereocenters. The standard InChI is InChI=1S/C20H21N3O3S/c1-13-14(2)27-20-18(13)19(26-16-5-3-4-15(10-16)12-24)21-17(22-20)11-23-6-8-25-9-7-23/h3-5,10,12H,6-9,11H2,1-2H3/p+1. The van der Waals surface area contributed by atoms with Crippen LogP contribution < -0.4 is 9.64 Å². The number of aromatic nitrogens is 2. The summed E-state index contributed by atoms with van der Waals surface area (Å²) in [6.45, 7) is 8.38. The second-order valence-corrected chi connectivity index (χ2v) is 7.94. The summed E-state index contributed by atoms with van der Waals surface area (Å²) in [6.07, 6.45) is 0.815. The van der Waals surface area contributed by atoms with Crippen LogP contribution in [0.25, 0.3) is 10.2 Å². The van der Waals surface area contributed by atoms with Gasteiger partial charge in [0.25, 0.3) is 0 Å². The van der Waals surface area contributed by atoms with E-state index < -0.39 is 0 Å². The van der Waals surface area contributed by atoms with E-state index in [2.05, 4.69) is 13.8 Å². The van der Waals surface area contributed by atoms with Gasteiger partial charge in [-0.05, 0) is 31.5 Å². The molecular weight excluding hydrogens is 362 g/mol. The van der Waals surface area contributed by atoms with E-state index in [1.165, 1.54) is 9.78 Å². The van der Waals surface area contributed by atoms with Gasteiger partial charge in [0.05, 0.1) is 18.6 Å². The normalized spacial score (nSPS) is 15.2. The number of benzene rings is 1. The molecule has 1 aliphatic heterocycles. The predicted molar refractivity (Wildman–Crippen MR) is 104 cm³/mol. The van der Waals surface area contributed by atoms with Gasteiger partial charge in [-0.15, -0.1) is 11.3 Å². The Morgan fingerprint density at radius 3 is 2.85 bits per heavy atom. The number of nitrogens with one attached hydrogen (secondary N) is 1. The van der Waals surface area contributed by atoms with E-state index >= 15 is 0 Å². The molecular formula is C20H22N3O3S+. The van der Waals surface area contributed by atoms with Gasteiger partial charge in [-0.2, -0.15) is 4.98 Å². The second-order valence-electron chi connectivity index (χ2n) is 6.74. The van der Waals surface area contributed by atoms with Crippen LogP contribution in [0.5, 0.6) is 11.6 Å². The Hall–Kier alpha value is -2.35. The number of hydrogen-bond donors (Lipinski definition) is 1. The molecule has 1 saturated heterocycles. The summed E-state index contributed by atoms with van der Waals surface area (Å²) < 4.78 is 11.6. The minimum Gasteiger partial charge on any atom is -0.438 e. The summed E-state index contributed by atoms with van der Waals surface area (Å²) in [7, 11) is 0.